The molecule has 130 valence electrons. The summed E-state index contributed by atoms with van der Waals surface area (Å²) in [5.74, 6) is 1.58. The molecule has 0 aliphatic heterocycles. The van der Waals surface area contributed by atoms with E-state index in [1.165, 1.54) is 11.5 Å². The van der Waals surface area contributed by atoms with E-state index in [0.29, 0.717) is 17.9 Å². The minimum absolute atomic E-state index is 0.141. The first-order valence-electron chi connectivity index (χ1n) is 8.03. The van der Waals surface area contributed by atoms with E-state index < -0.39 is 0 Å². The van der Waals surface area contributed by atoms with Crippen LogP contribution in [-0.2, 0) is 13.6 Å². The molecule has 0 radical (unpaired) electrons. The molecule has 8 heteroatoms. The maximum Gasteiger partial charge on any atom is 0.251 e. The van der Waals surface area contributed by atoms with Crippen molar-refractivity contribution in [1.29, 1.82) is 0 Å². The minimum Gasteiger partial charge on any atom is -0.347 e. The topological polar surface area (TPSA) is 85.6 Å². The summed E-state index contributed by atoms with van der Waals surface area (Å²) in [6.45, 7) is 6.44. The summed E-state index contributed by atoms with van der Waals surface area (Å²) < 4.78 is 5.69. The Hall–Kier alpha value is -2.61. The van der Waals surface area contributed by atoms with Crippen molar-refractivity contribution in [3.8, 4) is 11.4 Å². The Morgan fingerprint density at radius 2 is 2.16 bits per heavy atom. The fourth-order valence-corrected chi connectivity index (χ4v) is 3.16. The van der Waals surface area contributed by atoms with E-state index in [1.54, 1.807) is 16.8 Å². The highest BCUT2D eigenvalue weighted by atomic mass is 32.1. The number of amides is 1. The number of aromatic nitrogens is 5. The Morgan fingerprint density at radius 3 is 2.84 bits per heavy atom. The lowest BCUT2D eigenvalue weighted by Gasteiger charge is -2.07. The summed E-state index contributed by atoms with van der Waals surface area (Å²) in [7, 11) is 1.85. The first-order chi connectivity index (χ1) is 12.0. The molecule has 0 bridgehead atoms. The first kappa shape index (κ1) is 17.2. The fraction of sp³-hybridized carbons (Fsp3) is 0.353. The van der Waals surface area contributed by atoms with Crippen LogP contribution >= 0.6 is 11.5 Å². The highest BCUT2D eigenvalue weighted by molar-refractivity contribution is 7.05. The summed E-state index contributed by atoms with van der Waals surface area (Å²) in [5, 5.41) is 11.4. The van der Waals surface area contributed by atoms with Crippen LogP contribution in [0.1, 0.15) is 46.5 Å². The average molecular weight is 356 g/mol. The predicted molar refractivity (Wildman–Crippen MR) is 96.3 cm³/mol. The lowest BCUT2D eigenvalue weighted by molar-refractivity contribution is 0.0951. The van der Waals surface area contributed by atoms with E-state index in [1.807, 2.05) is 26.1 Å². The molecule has 0 atom stereocenters. The Labute approximate surface area is 150 Å². The third-order valence-corrected chi connectivity index (χ3v) is 4.64. The lowest BCUT2D eigenvalue weighted by atomic mass is 10.1. The normalized spacial score (nSPS) is 11.1. The highest BCUT2D eigenvalue weighted by Gasteiger charge is 2.14. The molecular weight excluding hydrogens is 336 g/mol. The molecule has 1 aromatic carbocycles. The van der Waals surface area contributed by atoms with Crippen molar-refractivity contribution in [3.05, 3.63) is 46.2 Å². The predicted octanol–water partition coefficient (Wildman–Crippen LogP) is 2.70. The first-order valence-corrected chi connectivity index (χ1v) is 8.80. The van der Waals surface area contributed by atoms with Crippen LogP contribution in [0.25, 0.3) is 11.4 Å². The van der Waals surface area contributed by atoms with Crippen LogP contribution in [0.2, 0.25) is 0 Å². The number of hydrogen-bond donors (Lipinski definition) is 1. The second kappa shape index (κ2) is 7.10. The molecule has 7 nitrogen and oxygen atoms in total. The minimum atomic E-state index is -0.141. The van der Waals surface area contributed by atoms with Crippen molar-refractivity contribution in [3.63, 3.8) is 0 Å². The molecule has 0 aliphatic rings. The van der Waals surface area contributed by atoms with E-state index >= 15 is 0 Å². The molecule has 3 aromatic rings. The number of hydrogen-bond acceptors (Lipinski definition) is 6. The molecule has 1 N–H and O–H groups in total. The standard InChI is InChI=1S/C17H20N6OS/c1-10(2)15-14(25-22-20-15)9-18-17(24)13-7-5-6-12(8-13)16-19-11(3)23(4)21-16/h5-8,10H,9H2,1-4H3,(H,18,24). The summed E-state index contributed by atoms with van der Waals surface area (Å²) in [6, 6.07) is 7.32. The molecule has 0 aliphatic carbocycles. The van der Waals surface area contributed by atoms with Gasteiger partial charge < -0.3 is 5.32 Å². The quantitative estimate of drug-likeness (QED) is 0.760. The zero-order chi connectivity index (χ0) is 18.0. The Balaban J connectivity index is 1.74. The molecule has 3 rings (SSSR count). The van der Waals surface area contributed by atoms with E-state index in [4.69, 9.17) is 0 Å². The number of aryl methyl sites for hydroxylation is 2. The van der Waals surface area contributed by atoms with Gasteiger partial charge in [-0.3, -0.25) is 9.48 Å². The van der Waals surface area contributed by atoms with Gasteiger partial charge in [0.1, 0.15) is 5.82 Å². The van der Waals surface area contributed by atoms with Gasteiger partial charge in [-0.05, 0) is 36.5 Å². The van der Waals surface area contributed by atoms with Crippen LogP contribution in [0.4, 0.5) is 0 Å². The van der Waals surface area contributed by atoms with Gasteiger partial charge in [-0.1, -0.05) is 30.5 Å². The average Bonchev–Trinajstić information content (AvgIpc) is 3.20. The Kier molecular flexibility index (Phi) is 4.89. The molecule has 2 aromatic heterocycles. The molecule has 0 saturated carbocycles. The maximum atomic E-state index is 12.5. The maximum absolute atomic E-state index is 12.5. The molecule has 0 saturated heterocycles. The largest absolute Gasteiger partial charge is 0.347 e. The van der Waals surface area contributed by atoms with Gasteiger partial charge in [0, 0.05) is 18.2 Å². The van der Waals surface area contributed by atoms with Crippen LogP contribution in [0.15, 0.2) is 24.3 Å². The van der Waals surface area contributed by atoms with E-state index in [9.17, 15) is 4.79 Å². The van der Waals surface area contributed by atoms with Gasteiger partial charge in [-0.2, -0.15) is 5.10 Å². The number of benzene rings is 1. The van der Waals surface area contributed by atoms with Gasteiger partial charge in [0.25, 0.3) is 5.91 Å². The number of nitrogens with one attached hydrogen (secondary N) is 1. The summed E-state index contributed by atoms with van der Waals surface area (Å²) in [4.78, 5) is 17.9. The Morgan fingerprint density at radius 1 is 1.36 bits per heavy atom. The third kappa shape index (κ3) is 3.74. The van der Waals surface area contributed by atoms with Crippen molar-refractivity contribution in [2.75, 3.05) is 0 Å². The van der Waals surface area contributed by atoms with Gasteiger partial charge >= 0.3 is 0 Å². The SMILES string of the molecule is Cc1nc(-c2cccc(C(=O)NCc3snnc3C(C)C)c2)nn1C. The number of carbonyl (C=O) groups excluding carboxylic acids is 1. The van der Waals surface area contributed by atoms with Crippen LogP contribution < -0.4 is 5.32 Å². The van der Waals surface area contributed by atoms with E-state index in [-0.39, 0.29) is 11.8 Å². The zero-order valence-electron chi connectivity index (χ0n) is 14.6. The smallest absolute Gasteiger partial charge is 0.251 e. The zero-order valence-corrected chi connectivity index (χ0v) is 15.5. The van der Waals surface area contributed by atoms with Crippen molar-refractivity contribution >= 4 is 17.4 Å². The Bertz CT molecular complexity index is 879. The summed E-state index contributed by atoms with van der Waals surface area (Å²) in [5.41, 5.74) is 2.33. The molecule has 0 unspecified atom stereocenters. The van der Waals surface area contributed by atoms with Gasteiger partial charge in [-0.25, -0.2) is 4.98 Å². The van der Waals surface area contributed by atoms with Crippen LogP contribution in [0.5, 0.6) is 0 Å². The van der Waals surface area contributed by atoms with Gasteiger partial charge in [0.2, 0.25) is 0 Å². The third-order valence-electron chi connectivity index (χ3n) is 3.91. The van der Waals surface area contributed by atoms with Crippen molar-refractivity contribution in [1.82, 2.24) is 29.7 Å². The van der Waals surface area contributed by atoms with Crippen molar-refractivity contribution < 1.29 is 4.79 Å². The monoisotopic (exact) mass is 356 g/mol. The van der Waals surface area contributed by atoms with Gasteiger partial charge in [0.05, 0.1) is 17.1 Å². The number of nitrogens with zero attached hydrogens (tertiary/aromatic N) is 5. The molecule has 25 heavy (non-hydrogen) atoms. The summed E-state index contributed by atoms with van der Waals surface area (Å²) >= 11 is 1.32. The van der Waals surface area contributed by atoms with Crippen LogP contribution in [0, 0.1) is 6.92 Å². The lowest BCUT2D eigenvalue weighted by Crippen LogP contribution is -2.23. The highest BCUT2D eigenvalue weighted by Crippen LogP contribution is 2.20. The molecule has 2 heterocycles. The van der Waals surface area contributed by atoms with Crippen molar-refractivity contribution in [2.24, 2.45) is 7.05 Å². The second-order valence-electron chi connectivity index (χ2n) is 6.11. The van der Waals surface area contributed by atoms with Gasteiger partial charge in [-0.15, -0.1) is 5.10 Å². The second-order valence-corrected chi connectivity index (χ2v) is 6.94. The van der Waals surface area contributed by atoms with Crippen LogP contribution in [0.3, 0.4) is 0 Å². The number of carbonyl (C=O) groups is 1. The number of rotatable bonds is 5. The molecule has 1 amide bonds. The van der Waals surface area contributed by atoms with Crippen LogP contribution in [-0.4, -0.2) is 30.3 Å². The van der Waals surface area contributed by atoms with Crippen molar-refractivity contribution in [2.45, 2.75) is 33.2 Å². The van der Waals surface area contributed by atoms with E-state index in [0.717, 1.165) is 22.0 Å². The molecular formula is C17H20N6OS. The summed E-state index contributed by atoms with van der Waals surface area (Å²) in [6.07, 6.45) is 0. The fourth-order valence-electron chi connectivity index (χ4n) is 2.42. The molecule has 0 fully saturated rings. The van der Waals surface area contributed by atoms with Gasteiger partial charge in [0.15, 0.2) is 5.82 Å². The van der Waals surface area contributed by atoms with E-state index in [2.05, 4.69) is 38.8 Å². The molecule has 0 spiro atoms.